The molecule has 1 N–H and O–H groups in total. The SMILES string of the molecule is CCC1CCCN(Cc2ccc(C#CCCO)s2)CC1. The monoisotopic (exact) mass is 291 g/mol. The van der Waals surface area contributed by atoms with Crippen molar-refractivity contribution in [1.29, 1.82) is 0 Å². The molecule has 0 radical (unpaired) electrons. The van der Waals surface area contributed by atoms with Crippen molar-refractivity contribution >= 4 is 11.3 Å². The second-order valence-corrected chi connectivity index (χ2v) is 6.69. The summed E-state index contributed by atoms with van der Waals surface area (Å²) < 4.78 is 0. The molecule has 1 saturated heterocycles. The molecule has 0 bridgehead atoms. The van der Waals surface area contributed by atoms with Crippen molar-refractivity contribution in [3.05, 3.63) is 21.9 Å². The molecule has 1 atom stereocenters. The van der Waals surface area contributed by atoms with Gasteiger partial charge in [-0.15, -0.1) is 11.3 Å². The fraction of sp³-hybridized carbons (Fsp3) is 0.647. The van der Waals surface area contributed by atoms with Crippen LogP contribution in [0.25, 0.3) is 0 Å². The lowest BCUT2D eigenvalue weighted by Crippen LogP contribution is -2.23. The average Bonchev–Trinajstić information content (AvgIpc) is 2.77. The van der Waals surface area contributed by atoms with E-state index in [9.17, 15) is 0 Å². The van der Waals surface area contributed by atoms with Gasteiger partial charge in [0.15, 0.2) is 0 Å². The summed E-state index contributed by atoms with van der Waals surface area (Å²) >= 11 is 1.79. The van der Waals surface area contributed by atoms with E-state index < -0.39 is 0 Å². The number of aliphatic hydroxyl groups excluding tert-OH is 1. The van der Waals surface area contributed by atoms with Gasteiger partial charge >= 0.3 is 0 Å². The van der Waals surface area contributed by atoms with Gasteiger partial charge in [0.2, 0.25) is 0 Å². The minimum absolute atomic E-state index is 0.150. The summed E-state index contributed by atoms with van der Waals surface area (Å²) in [5, 5.41) is 8.73. The van der Waals surface area contributed by atoms with E-state index in [4.69, 9.17) is 5.11 Å². The predicted octanol–water partition coefficient (Wildman–Crippen LogP) is 3.49. The molecule has 1 fully saturated rings. The minimum atomic E-state index is 0.150. The molecular formula is C17H25NOS. The highest BCUT2D eigenvalue weighted by Gasteiger charge is 2.16. The van der Waals surface area contributed by atoms with Crippen molar-refractivity contribution in [2.75, 3.05) is 19.7 Å². The summed E-state index contributed by atoms with van der Waals surface area (Å²) in [6.07, 6.45) is 5.99. The molecule has 1 aliphatic rings. The van der Waals surface area contributed by atoms with E-state index in [2.05, 4.69) is 35.8 Å². The molecular weight excluding hydrogens is 266 g/mol. The van der Waals surface area contributed by atoms with Crippen LogP contribution >= 0.6 is 11.3 Å². The van der Waals surface area contributed by atoms with E-state index in [1.165, 1.54) is 43.6 Å². The molecule has 0 saturated carbocycles. The molecule has 0 aromatic carbocycles. The van der Waals surface area contributed by atoms with Crippen molar-refractivity contribution in [3.8, 4) is 11.8 Å². The van der Waals surface area contributed by atoms with Gasteiger partial charge in [-0.1, -0.05) is 25.2 Å². The van der Waals surface area contributed by atoms with E-state index in [0.717, 1.165) is 17.3 Å². The van der Waals surface area contributed by atoms with Crippen molar-refractivity contribution in [1.82, 2.24) is 4.90 Å². The molecule has 2 nitrogen and oxygen atoms in total. The van der Waals surface area contributed by atoms with E-state index >= 15 is 0 Å². The highest BCUT2D eigenvalue weighted by Crippen LogP contribution is 2.23. The zero-order chi connectivity index (χ0) is 14.2. The van der Waals surface area contributed by atoms with Crippen molar-refractivity contribution in [2.24, 2.45) is 5.92 Å². The molecule has 2 heterocycles. The summed E-state index contributed by atoms with van der Waals surface area (Å²) in [4.78, 5) is 5.12. The van der Waals surface area contributed by atoms with Gasteiger partial charge in [0.05, 0.1) is 11.5 Å². The molecule has 1 aromatic heterocycles. The molecule has 1 aromatic rings. The van der Waals surface area contributed by atoms with Crippen molar-refractivity contribution in [2.45, 2.75) is 45.6 Å². The summed E-state index contributed by atoms with van der Waals surface area (Å²) in [5.74, 6) is 7.04. The molecule has 0 amide bonds. The maximum absolute atomic E-state index is 8.73. The Labute approximate surface area is 126 Å². The summed E-state index contributed by atoms with van der Waals surface area (Å²) in [6, 6.07) is 4.31. The minimum Gasteiger partial charge on any atom is -0.395 e. The van der Waals surface area contributed by atoms with Crippen molar-refractivity contribution in [3.63, 3.8) is 0 Å². The number of likely N-dealkylation sites (tertiary alicyclic amines) is 1. The molecule has 1 aliphatic heterocycles. The number of nitrogens with zero attached hydrogens (tertiary/aromatic N) is 1. The molecule has 3 heteroatoms. The zero-order valence-corrected chi connectivity index (χ0v) is 13.2. The smallest absolute Gasteiger partial charge is 0.0771 e. The Kier molecular flexibility index (Phi) is 6.59. The topological polar surface area (TPSA) is 23.5 Å². The first-order valence-corrected chi connectivity index (χ1v) is 8.54. The molecule has 0 aliphatic carbocycles. The van der Waals surface area contributed by atoms with Crippen LogP contribution in [0.2, 0.25) is 0 Å². The highest BCUT2D eigenvalue weighted by atomic mass is 32.1. The highest BCUT2D eigenvalue weighted by molar-refractivity contribution is 7.12. The van der Waals surface area contributed by atoms with Crippen LogP contribution in [0.1, 0.15) is 48.8 Å². The van der Waals surface area contributed by atoms with Crippen LogP contribution in [-0.2, 0) is 6.54 Å². The van der Waals surface area contributed by atoms with Gasteiger partial charge < -0.3 is 5.11 Å². The van der Waals surface area contributed by atoms with Gasteiger partial charge in [0.25, 0.3) is 0 Å². The molecule has 1 unspecified atom stereocenters. The zero-order valence-electron chi connectivity index (χ0n) is 12.4. The first-order valence-electron chi connectivity index (χ1n) is 7.72. The quantitative estimate of drug-likeness (QED) is 0.858. The number of aliphatic hydroxyl groups is 1. The number of hydrogen-bond acceptors (Lipinski definition) is 3. The fourth-order valence-corrected chi connectivity index (χ4v) is 3.67. The Morgan fingerprint density at radius 1 is 1.35 bits per heavy atom. The van der Waals surface area contributed by atoms with E-state index in [1.807, 2.05) is 0 Å². The van der Waals surface area contributed by atoms with Gasteiger partial charge in [-0.2, -0.15) is 0 Å². The van der Waals surface area contributed by atoms with Crippen molar-refractivity contribution < 1.29 is 5.11 Å². The molecule has 110 valence electrons. The lowest BCUT2D eigenvalue weighted by molar-refractivity contribution is 0.274. The Morgan fingerprint density at radius 2 is 2.25 bits per heavy atom. The second-order valence-electron chi connectivity index (χ2n) is 5.52. The first-order chi connectivity index (χ1) is 9.81. The lowest BCUT2D eigenvalue weighted by Gasteiger charge is -2.18. The standard InChI is InChI=1S/C17H25NOS/c1-2-15-6-5-11-18(12-10-15)14-17-9-8-16(20-17)7-3-4-13-19/h8-9,15,19H,2,4-6,10-14H2,1H3. The Bertz CT molecular complexity index is 457. The Hall–Kier alpha value is -0.820. The van der Waals surface area contributed by atoms with Crippen LogP contribution in [0.3, 0.4) is 0 Å². The van der Waals surface area contributed by atoms with Gasteiger partial charge in [-0.3, -0.25) is 4.90 Å². The van der Waals surface area contributed by atoms with Gasteiger partial charge in [0, 0.05) is 17.8 Å². The van der Waals surface area contributed by atoms with Crippen LogP contribution in [-0.4, -0.2) is 29.7 Å². The largest absolute Gasteiger partial charge is 0.395 e. The van der Waals surface area contributed by atoms with E-state index in [-0.39, 0.29) is 6.61 Å². The molecule has 2 rings (SSSR count). The first kappa shape index (κ1) is 15.6. The average molecular weight is 291 g/mol. The lowest BCUT2D eigenvalue weighted by atomic mass is 9.98. The normalized spacial score (nSPS) is 20.2. The maximum atomic E-state index is 8.73. The summed E-state index contributed by atoms with van der Waals surface area (Å²) in [5.41, 5.74) is 0. The third-order valence-corrected chi connectivity index (χ3v) is 4.99. The summed E-state index contributed by atoms with van der Waals surface area (Å²) in [6.45, 7) is 6.01. The molecule has 0 spiro atoms. The Balaban J connectivity index is 1.86. The maximum Gasteiger partial charge on any atom is 0.0771 e. The second kappa shape index (κ2) is 8.46. The predicted molar refractivity (Wildman–Crippen MR) is 85.8 cm³/mol. The number of thiophene rings is 1. The van der Waals surface area contributed by atoms with Crippen LogP contribution in [0.15, 0.2) is 12.1 Å². The fourth-order valence-electron chi connectivity index (χ4n) is 2.75. The van der Waals surface area contributed by atoms with Crippen LogP contribution < -0.4 is 0 Å². The molecule has 20 heavy (non-hydrogen) atoms. The van der Waals surface area contributed by atoms with E-state index in [1.54, 1.807) is 11.3 Å². The van der Waals surface area contributed by atoms with Gasteiger partial charge in [-0.25, -0.2) is 0 Å². The van der Waals surface area contributed by atoms with E-state index in [0.29, 0.717) is 6.42 Å². The van der Waals surface area contributed by atoms with Gasteiger partial charge in [-0.05, 0) is 50.4 Å². The third-order valence-electron chi connectivity index (χ3n) is 4.01. The van der Waals surface area contributed by atoms with Gasteiger partial charge in [0.1, 0.15) is 0 Å². The Morgan fingerprint density at radius 3 is 3.05 bits per heavy atom. The van der Waals surface area contributed by atoms with Crippen LogP contribution in [0.5, 0.6) is 0 Å². The third kappa shape index (κ3) is 4.94. The number of rotatable bonds is 4. The van der Waals surface area contributed by atoms with Crippen LogP contribution in [0, 0.1) is 17.8 Å². The van der Waals surface area contributed by atoms with Crippen LogP contribution in [0.4, 0.5) is 0 Å². The number of hydrogen-bond donors (Lipinski definition) is 1. The summed E-state index contributed by atoms with van der Waals surface area (Å²) in [7, 11) is 0.